The summed E-state index contributed by atoms with van der Waals surface area (Å²) < 4.78 is 5.38. The normalized spacial score (nSPS) is 21.9. The minimum absolute atomic E-state index is 0.110. The molecule has 0 radical (unpaired) electrons. The van der Waals surface area contributed by atoms with Gasteiger partial charge in [0.25, 0.3) is 11.7 Å². The first-order chi connectivity index (χ1) is 14.6. The number of carbonyl (C=O) groups excluding carboxylic acids is 2. The van der Waals surface area contributed by atoms with Crippen LogP contribution in [0.4, 0.5) is 0 Å². The number of hydrogen-bond donors (Lipinski definition) is 1. The molecule has 0 unspecified atom stereocenters. The minimum atomic E-state index is -0.666. The Morgan fingerprint density at radius 2 is 1.87 bits per heavy atom. The zero-order chi connectivity index (χ0) is 21.1. The summed E-state index contributed by atoms with van der Waals surface area (Å²) in [6, 6.07) is 10.2. The van der Waals surface area contributed by atoms with Crippen molar-refractivity contribution in [3.63, 3.8) is 0 Å². The van der Waals surface area contributed by atoms with Crippen molar-refractivity contribution in [2.75, 3.05) is 39.4 Å². The molecule has 0 bridgehead atoms. The largest absolute Gasteiger partial charge is 0.507 e. The number of aryl methyl sites for hydroxylation is 1. The molecule has 1 aromatic carbocycles. The van der Waals surface area contributed by atoms with Gasteiger partial charge >= 0.3 is 0 Å². The Bertz CT molecular complexity index is 950. The Kier molecular flexibility index (Phi) is 5.92. The molecule has 1 atom stereocenters. The standard InChI is InChI=1S/C23H25N3O4/c1-16-4-6-17(7-5-16)21(27)19-20(18-3-2-8-24-15-18)26(23(29)22(19)28)10-9-25-11-13-30-14-12-25/h2-8,15,20,27H,9-14H2,1H3/t20-/m1/s1. The summed E-state index contributed by atoms with van der Waals surface area (Å²) in [4.78, 5) is 33.8. The van der Waals surface area contributed by atoms with Gasteiger partial charge in [0.2, 0.25) is 0 Å². The minimum Gasteiger partial charge on any atom is -0.507 e. The molecule has 7 nitrogen and oxygen atoms in total. The number of aliphatic hydroxyl groups is 1. The molecule has 2 aliphatic rings. The number of Topliss-reactive ketones (excluding diaryl/α,β-unsaturated/α-hetero) is 1. The lowest BCUT2D eigenvalue weighted by atomic mass is 9.96. The summed E-state index contributed by atoms with van der Waals surface area (Å²) in [7, 11) is 0. The molecule has 2 aliphatic heterocycles. The molecule has 4 rings (SSSR count). The second kappa shape index (κ2) is 8.77. The molecule has 2 fully saturated rings. The Morgan fingerprint density at radius 3 is 2.53 bits per heavy atom. The summed E-state index contributed by atoms with van der Waals surface area (Å²) >= 11 is 0. The number of nitrogens with zero attached hydrogens (tertiary/aromatic N) is 3. The summed E-state index contributed by atoms with van der Waals surface area (Å²) in [5.41, 5.74) is 2.37. The average Bonchev–Trinajstić information content (AvgIpc) is 3.04. The topological polar surface area (TPSA) is 83.0 Å². The number of rotatable bonds is 5. The van der Waals surface area contributed by atoms with Gasteiger partial charge in [0.15, 0.2) is 0 Å². The van der Waals surface area contributed by atoms with Gasteiger partial charge in [-0.1, -0.05) is 35.9 Å². The Morgan fingerprint density at radius 1 is 1.13 bits per heavy atom. The number of benzene rings is 1. The van der Waals surface area contributed by atoms with Gasteiger partial charge in [-0.25, -0.2) is 0 Å². The number of aromatic nitrogens is 1. The molecule has 2 aromatic rings. The number of aliphatic hydroxyl groups excluding tert-OH is 1. The van der Waals surface area contributed by atoms with Crippen LogP contribution in [-0.4, -0.2) is 71.0 Å². The summed E-state index contributed by atoms with van der Waals surface area (Å²) in [6.07, 6.45) is 3.28. The highest BCUT2D eigenvalue weighted by Gasteiger charge is 2.46. The van der Waals surface area contributed by atoms with Gasteiger partial charge in [0.05, 0.1) is 24.8 Å². The Labute approximate surface area is 175 Å². The number of ether oxygens (including phenoxy) is 1. The lowest BCUT2D eigenvalue weighted by molar-refractivity contribution is -0.140. The van der Waals surface area contributed by atoms with Crippen LogP contribution in [0, 0.1) is 6.92 Å². The first-order valence-electron chi connectivity index (χ1n) is 10.1. The van der Waals surface area contributed by atoms with E-state index in [0.717, 1.165) is 18.7 Å². The fourth-order valence-corrected chi connectivity index (χ4v) is 3.94. The summed E-state index contributed by atoms with van der Waals surface area (Å²) in [6.45, 7) is 5.89. The number of pyridine rings is 1. The molecule has 0 spiro atoms. The van der Waals surface area contributed by atoms with Crippen molar-refractivity contribution < 1.29 is 19.4 Å². The van der Waals surface area contributed by atoms with Gasteiger partial charge < -0.3 is 14.7 Å². The monoisotopic (exact) mass is 407 g/mol. The highest BCUT2D eigenvalue weighted by Crippen LogP contribution is 2.38. The van der Waals surface area contributed by atoms with Gasteiger partial charge in [-0.2, -0.15) is 0 Å². The molecule has 1 aromatic heterocycles. The smallest absolute Gasteiger partial charge is 0.295 e. The Balaban J connectivity index is 1.71. The third-order valence-corrected chi connectivity index (χ3v) is 5.63. The van der Waals surface area contributed by atoms with Crippen LogP contribution in [-0.2, 0) is 14.3 Å². The summed E-state index contributed by atoms with van der Waals surface area (Å²) in [5, 5.41) is 11.0. The van der Waals surface area contributed by atoms with Gasteiger partial charge in [-0.3, -0.25) is 19.5 Å². The lowest BCUT2D eigenvalue weighted by Gasteiger charge is -2.30. The van der Waals surface area contributed by atoms with E-state index in [0.29, 0.717) is 37.4 Å². The van der Waals surface area contributed by atoms with Crippen molar-refractivity contribution in [2.24, 2.45) is 0 Å². The van der Waals surface area contributed by atoms with E-state index in [1.165, 1.54) is 0 Å². The predicted octanol–water partition coefficient (Wildman–Crippen LogP) is 2.14. The summed E-state index contributed by atoms with van der Waals surface area (Å²) in [5.74, 6) is -1.41. The molecule has 0 saturated carbocycles. The molecule has 7 heteroatoms. The van der Waals surface area contributed by atoms with Crippen LogP contribution in [0.5, 0.6) is 0 Å². The molecule has 2 saturated heterocycles. The van der Waals surface area contributed by atoms with E-state index < -0.39 is 17.7 Å². The van der Waals surface area contributed by atoms with Crippen LogP contribution >= 0.6 is 0 Å². The maximum absolute atomic E-state index is 13.0. The SMILES string of the molecule is Cc1ccc(C(O)=C2C(=O)C(=O)N(CCN3CCOCC3)[C@@H]2c2cccnc2)cc1. The van der Waals surface area contributed by atoms with Crippen LogP contribution in [0.3, 0.4) is 0 Å². The number of morpholine rings is 1. The van der Waals surface area contributed by atoms with Crippen LogP contribution in [0.2, 0.25) is 0 Å². The fourth-order valence-electron chi connectivity index (χ4n) is 3.94. The van der Waals surface area contributed by atoms with Gasteiger partial charge in [-0.05, 0) is 18.6 Å². The van der Waals surface area contributed by atoms with E-state index in [4.69, 9.17) is 4.74 Å². The van der Waals surface area contributed by atoms with Crippen molar-refractivity contribution >= 4 is 17.4 Å². The number of carbonyl (C=O) groups is 2. The predicted molar refractivity (Wildman–Crippen MR) is 112 cm³/mol. The molecule has 156 valence electrons. The first kappa shape index (κ1) is 20.3. The van der Waals surface area contributed by atoms with Gasteiger partial charge in [0, 0.05) is 44.1 Å². The molecular weight excluding hydrogens is 382 g/mol. The maximum atomic E-state index is 13.0. The van der Waals surface area contributed by atoms with Crippen LogP contribution in [0.1, 0.15) is 22.7 Å². The molecule has 1 N–H and O–H groups in total. The van der Waals surface area contributed by atoms with Crippen molar-refractivity contribution in [1.29, 1.82) is 0 Å². The average molecular weight is 407 g/mol. The molecule has 30 heavy (non-hydrogen) atoms. The number of hydrogen-bond acceptors (Lipinski definition) is 6. The van der Waals surface area contributed by atoms with E-state index in [1.807, 2.05) is 25.1 Å². The zero-order valence-electron chi connectivity index (χ0n) is 17.0. The number of amides is 1. The van der Waals surface area contributed by atoms with E-state index in [-0.39, 0.29) is 11.3 Å². The molecule has 0 aliphatic carbocycles. The van der Waals surface area contributed by atoms with Gasteiger partial charge in [0.1, 0.15) is 5.76 Å². The van der Waals surface area contributed by atoms with E-state index in [1.54, 1.807) is 35.5 Å². The second-order valence-electron chi connectivity index (χ2n) is 7.60. The number of likely N-dealkylation sites (tertiary alicyclic amines) is 1. The third kappa shape index (κ3) is 3.99. The van der Waals surface area contributed by atoms with Crippen molar-refractivity contribution in [2.45, 2.75) is 13.0 Å². The van der Waals surface area contributed by atoms with Crippen molar-refractivity contribution in [1.82, 2.24) is 14.8 Å². The highest BCUT2D eigenvalue weighted by molar-refractivity contribution is 6.46. The third-order valence-electron chi connectivity index (χ3n) is 5.63. The van der Waals surface area contributed by atoms with E-state index in [2.05, 4.69) is 9.88 Å². The quantitative estimate of drug-likeness (QED) is 0.465. The van der Waals surface area contributed by atoms with Crippen molar-refractivity contribution in [3.8, 4) is 0 Å². The van der Waals surface area contributed by atoms with Gasteiger partial charge in [-0.15, -0.1) is 0 Å². The first-order valence-corrected chi connectivity index (χ1v) is 10.1. The maximum Gasteiger partial charge on any atom is 0.295 e. The molecule has 1 amide bonds. The van der Waals surface area contributed by atoms with E-state index in [9.17, 15) is 14.7 Å². The fraction of sp³-hybridized carbons (Fsp3) is 0.348. The number of ketones is 1. The lowest BCUT2D eigenvalue weighted by Crippen LogP contribution is -2.42. The van der Waals surface area contributed by atoms with E-state index >= 15 is 0 Å². The molecule has 3 heterocycles. The Hall–Kier alpha value is -3.03. The van der Waals surface area contributed by atoms with Crippen LogP contribution in [0.15, 0.2) is 54.4 Å². The molecular formula is C23H25N3O4. The van der Waals surface area contributed by atoms with Crippen LogP contribution < -0.4 is 0 Å². The zero-order valence-corrected chi connectivity index (χ0v) is 17.0. The van der Waals surface area contributed by atoms with Crippen LogP contribution in [0.25, 0.3) is 5.76 Å². The van der Waals surface area contributed by atoms with Crippen molar-refractivity contribution in [3.05, 3.63) is 71.1 Å². The second-order valence-corrected chi connectivity index (χ2v) is 7.60. The highest BCUT2D eigenvalue weighted by atomic mass is 16.5.